The number of carbonyl (C=O) groups excluding carboxylic acids is 2. The van der Waals surface area contributed by atoms with Crippen molar-refractivity contribution in [3.05, 3.63) is 0 Å². The molecule has 0 unspecified atom stereocenters. The van der Waals surface area contributed by atoms with E-state index in [1.54, 1.807) is 4.90 Å². The number of rotatable bonds is 12. The number of ether oxygens (including phenoxy) is 1. The molecule has 1 saturated heterocycles. The summed E-state index contributed by atoms with van der Waals surface area (Å²) in [5.41, 5.74) is 0. The quantitative estimate of drug-likeness (QED) is 0.408. The number of hydrogen-bond acceptors (Lipinski definition) is 3. The summed E-state index contributed by atoms with van der Waals surface area (Å²) in [6.07, 6.45) is 12.7. The second-order valence-electron chi connectivity index (χ2n) is 5.97. The highest BCUT2D eigenvalue weighted by atomic mass is 16.5. The van der Waals surface area contributed by atoms with Crippen molar-refractivity contribution < 1.29 is 14.3 Å². The van der Waals surface area contributed by atoms with Gasteiger partial charge in [0.15, 0.2) is 0 Å². The number of hydrogen-bond donors (Lipinski definition) is 0. The molecule has 1 heterocycles. The lowest BCUT2D eigenvalue weighted by Gasteiger charge is -2.14. The van der Waals surface area contributed by atoms with Crippen molar-refractivity contribution in [1.82, 2.24) is 4.90 Å². The largest absolute Gasteiger partial charge is 0.464 e. The highest BCUT2D eigenvalue weighted by Crippen LogP contribution is 2.10. The highest BCUT2D eigenvalue weighted by Gasteiger charge is 2.22. The first kappa shape index (κ1) is 18.0. The van der Waals surface area contributed by atoms with Crippen LogP contribution in [0.5, 0.6) is 0 Å². The summed E-state index contributed by atoms with van der Waals surface area (Å²) in [6, 6.07) is 0. The smallest absolute Gasteiger partial charge is 0.325 e. The lowest BCUT2D eigenvalue weighted by Crippen LogP contribution is -2.31. The maximum absolute atomic E-state index is 11.6. The minimum atomic E-state index is -0.259. The first-order chi connectivity index (χ1) is 10.2. The molecule has 0 spiro atoms. The summed E-state index contributed by atoms with van der Waals surface area (Å²) < 4.78 is 5.18. The summed E-state index contributed by atoms with van der Waals surface area (Å²) in [7, 11) is 0. The molecule has 21 heavy (non-hydrogen) atoms. The fourth-order valence-corrected chi connectivity index (χ4v) is 2.67. The van der Waals surface area contributed by atoms with E-state index < -0.39 is 0 Å². The predicted molar refractivity (Wildman–Crippen MR) is 84.0 cm³/mol. The van der Waals surface area contributed by atoms with E-state index in [4.69, 9.17) is 4.74 Å². The molecule has 1 rings (SSSR count). The van der Waals surface area contributed by atoms with E-state index in [9.17, 15) is 9.59 Å². The van der Waals surface area contributed by atoms with Crippen LogP contribution in [0.4, 0.5) is 0 Å². The molecule has 0 N–H and O–H groups in total. The molecule has 1 amide bonds. The highest BCUT2D eigenvalue weighted by molar-refractivity contribution is 5.83. The maximum Gasteiger partial charge on any atom is 0.325 e. The number of amides is 1. The van der Waals surface area contributed by atoms with Crippen LogP contribution in [0.25, 0.3) is 0 Å². The molecule has 4 nitrogen and oxygen atoms in total. The average molecular weight is 297 g/mol. The van der Waals surface area contributed by atoms with Crippen LogP contribution in [-0.4, -0.2) is 36.5 Å². The summed E-state index contributed by atoms with van der Waals surface area (Å²) in [6.45, 7) is 3.57. The molecular formula is C17H31NO3. The van der Waals surface area contributed by atoms with Crippen LogP contribution in [0, 0.1) is 0 Å². The van der Waals surface area contributed by atoms with Gasteiger partial charge in [-0.15, -0.1) is 0 Å². The Bertz CT molecular complexity index is 304. The van der Waals surface area contributed by atoms with Gasteiger partial charge in [-0.05, 0) is 12.8 Å². The van der Waals surface area contributed by atoms with Gasteiger partial charge >= 0.3 is 5.97 Å². The lowest BCUT2D eigenvalue weighted by atomic mass is 10.1. The number of unbranched alkanes of at least 4 members (excludes halogenated alkanes) is 8. The first-order valence-corrected chi connectivity index (χ1v) is 8.67. The predicted octanol–water partition coefficient (Wildman–Crippen LogP) is 3.68. The first-order valence-electron chi connectivity index (χ1n) is 8.67. The molecule has 0 radical (unpaired) electrons. The molecule has 1 aliphatic rings. The second-order valence-corrected chi connectivity index (χ2v) is 5.97. The van der Waals surface area contributed by atoms with Crippen LogP contribution < -0.4 is 0 Å². The van der Waals surface area contributed by atoms with E-state index in [-0.39, 0.29) is 18.4 Å². The van der Waals surface area contributed by atoms with Gasteiger partial charge < -0.3 is 9.64 Å². The number of carbonyl (C=O) groups is 2. The minimum Gasteiger partial charge on any atom is -0.464 e. The zero-order chi connectivity index (χ0) is 15.3. The Hall–Kier alpha value is -1.06. The van der Waals surface area contributed by atoms with Crippen LogP contribution in [-0.2, 0) is 14.3 Å². The van der Waals surface area contributed by atoms with Crippen molar-refractivity contribution in [3.63, 3.8) is 0 Å². The van der Waals surface area contributed by atoms with E-state index in [1.807, 2.05) is 0 Å². The van der Waals surface area contributed by atoms with Crippen molar-refractivity contribution in [1.29, 1.82) is 0 Å². The Kier molecular flexibility index (Phi) is 9.92. The Morgan fingerprint density at radius 2 is 1.67 bits per heavy atom. The minimum absolute atomic E-state index is 0.0787. The molecule has 0 saturated carbocycles. The normalized spacial score (nSPS) is 14.7. The third-order valence-corrected chi connectivity index (χ3v) is 4.00. The van der Waals surface area contributed by atoms with Crippen molar-refractivity contribution in [2.45, 2.75) is 77.6 Å². The van der Waals surface area contributed by atoms with Gasteiger partial charge in [-0.25, -0.2) is 0 Å². The molecule has 0 bridgehead atoms. The van der Waals surface area contributed by atoms with Gasteiger partial charge in [0.1, 0.15) is 6.54 Å². The molecule has 0 aliphatic carbocycles. The third-order valence-electron chi connectivity index (χ3n) is 4.00. The van der Waals surface area contributed by atoms with E-state index in [0.29, 0.717) is 19.6 Å². The van der Waals surface area contributed by atoms with Gasteiger partial charge in [-0.2, -0.15) is 0 Å². The Labute approximate surface area is 129 Å². The Balaban J connectivity index is 1.85. The second kappa shape index (κ2) is 11.6. The molecule has 0 aromatic heterocycles. The monoisotopic (exact) mass is 297 g/mol. The molecule has 4 heteroatoms. The molecular weight excluding hydrogens is 266 g/mol. The Morgan fingerprint density at radius 3 is 2.24 bits per heavy atom. The van der Waals surface area contributed by atoms with Crippen LogP contribution in [0.15, 0.2) is 0 Å². The van der Waals surface area contributed by atoms with Gasteiger partial charge in [-0.3, -0.25) is 9.59 Å². The van der Waals surface area contributed by atoms with E-state index in [0.717, 1.165) is 19.3 Å². The van der Waals surface area contributed by atoms with Crippen LogP contribution in [0.2, 0.25) is 0 Å². The van der Waals surface area contributed by atoms with Crippen LogP contribution >= 0.6 is 0 Å². The molecule has 122 valence electrons. The summed E-state index contributed by atoms with van der Waals surface area (Å²) >= 11 is 0. The van der Waals surface area contributed by atoms with Gasteiger partial charge in [-0.1, -0.05) is 58.3 Å². The topological polar surface area (TPSA) is 46.6 Å². The van der Waals surface area contributed by atoms with Gasteiger partial charge in [0.2, 0.25) is 5.91 Å². The van der Waals surface area contributed by atoms with Crippen LogP contribution in [0.1, 0.15) is 77.6 Å². The van der Waals surface area contributed by atoms with Crippen molar-refractivity contribution >= 4 is 11.9 Å². The SMILES string of the molecule is CCCCCCCCCCCOC(=O)CN1CCCC1=O. The Morgan fingerprint density at radius 1 is 1.05 bits per heavy atom. The summed E-state index contributed by atoms with van der Waals surface area (Å²) in [5.74, 6) is -0.181. The zero-order valence-corrected chi connectivity index (χ0v) is 13.6. The molecule has 0 atom stereocenters. The number of esters is 1. The van der Waals surface area contributed by atoms with E-state index >= 15 is 0 Å². The zero-order valence-electron chi connectivity index (χ0n) is 13.6. The fourth-order valence-electron chi connectivity index (χ4n) is 2.67. The number of nitrogens with zero attached hydrogens (tertiary/aromatic N) is 1. The van der Waals surface area contributed by atoms with E-state index in [1.165, 1.54) is 44.9 Å². The van der Waals surface area contributed by atoms with Gasteiger partial charge in [0.05, 0.1) is 6.61 Å². The molecule has 0 aromatic rings. The molecule has 1 fully saturated rings. The molecule has 0 aromatic carbocycles. The standard InChI is InChI=1S/C17H31NO3/c1-2-3-4-5-6-7-8-9-10-14-21-17(20)15-18-13-11-12-16(18)19/h2-15H2,1H3. The van der Waals surface area contributed by atoms with Crippen molar-refractivity contribution in [3.8, 4) is 0 Å². The maximum atomic E-state index is 11.6. The van der Waals surface area contributed by atoms with Crippen molar-refractivity contribution in [2.75, 3.05) is 19.7 Å². The molecule has 1 aliphatic heterocycles. The lowest BCUT2D eigenvalue weighted by molar-refractivity contribution is -0.148. The van der Waals surface area contributed by atoms with Crippen molar-refractivity contribution in [2.24, 2.45) is 0 Å². The average Bonchev–Trinajstić information content (AvgIpc) is 2.86. The van der Waals surface area contributed by atoms with Gasteiger partial charge in [0.25, 0.3) is 0 Å². The van der Waals surface area contributed by atoms with E-state index in [2.05, 4.69) is 6.92 Å². The number of likely N-dealkylation sites (tertiary alicyclic amines) is 1. The van der Waals surface area contributed by atoms with Crippen LogP contribution in [0.3, 0.4) is 0 Å². The fraction of sp³-hybridized carbons (Fsp3) is 0.882. The third kappa shape index (κ3) is 8.74. The summed E-state index contributed by atoms with van der Waals surface area (Å²) in [5, 5.41) is 0. The van der Waals surface area contributed by atoms with Gasteiger partial charge in [0, 0.05) is 13.0 Å². The summed E-state index contributed by atoms with van der Waals surface area (Å²) in [4.78, 5) is 24.5.